The molecule has 4 nitrogen and oxygen atoms in total. The summed E-state index contributed by atoms with van der Waals surface area (Å²) in [5, 5.41) is 8.95. The van der Waals surface area contributed by atoms with Crippen molar-refractivity contribution in [1.29, 1.82) is 0 Å². The van der Waals surface area contributed by atoms with E-state index in [0.717, 1.165) is 0 Å². The quantitative estimate of drug-likeness (QED) is 0.925. The van der Waals surface area contributed by atoms with Crippen molar-refractivity contribution in [2.45, 2.75) is 39.0 Å². The molecule has 20 heavy (non-hydrogen) atoms. The van der Waals surface area contributed by atoms with Gasteiger partial charge in [0.25, 0.3) is 0 Å². The molecule has 0 amide bonds. The van der Waals surface area contributed by atoms with Crippen LogP contribution in [0.2, 0.25) is 0 Å². The molecule has 1 aromatic carbocycles. The van der Waals surface area contributed by atoms with E-state index in [-0.39, 0.29) is 17.3 Å². The third kappa shape index (κ3) is 3.35. The molecule has 1 heterocycles. The number of morpholine rings is 1. The van der Waals surface area contributed by atoms with Gasteiger partial charge in [-0.1, -0.05) is 12.1 Å². The van der Waals surface area contributed by atoms with Crippen molar-refractivity contribution < 1.29 is 19.0 Å². The summed E-state index contributed by atoms with van der Waals surface area (Å²) in [7, 11) is 0. The van der Waals surface area contributed by atoms with Gasteiger partial charge in [-0.3, -0.25) is 4.90 Å². The first-order chi connectivity index (χ1) is 9.28. The molecular formula is C15H20FNO3. The molecule has 0 saturated carbocycles. The zero-order chi connectivity index (χ0) is 14.9. The highest BCUT2D eigenvalue weighted by molar-refractivity contribution is 5.88. The summed E-state index contributed by atoms with van der Waals surface area (Å²) in [6, 6.07) is 4.50. The number of benzene rings is 1. The smallest absolute Gasteiger partial charge is 0.338 e. The van der Waals surface area contributed by atoms with Crippen LogP contribution in [-0.2, 0) is 11.3 Å². The number of carboxylic acids is 1. The van der Waals surface area contributed by atoms with E-state index in [1.807, 2.05) is 20.8 Å². The first-order valence-electron chi connectivity index (χ1n) is 6.69. The summed E-state index contributed by atoms with van der Waals surface area (Å²) < 4.78 is 19.9. The van der Waals surface area contributed by atoms with E-state index in [0.29, 0.717) is 25.2 Å². The van der Waals surface area contributed by atoms with Gasteiger partial charge in [-0.2, -0.15) is 0 Å². The van der Waals surface area contributed by atoms with Crippen LogP contribution in [0.15, 0.2) is 18.2 Å². The molecule has 1 fully saturated rings. The minimum absolute atomic E-state index is 0.0736. The van der Waals surface area contributed by atoms with Crippen molar-refractivity contribution in [3.63, 3.8) is 0 Å². The van der Waals surface area contributed by atoms with Gasteiger partial charge in [0.15, 0.2) is 0 Å². The van der Waals surface area contributed by atoms with Gasteiger partial charge in [0.1, 0.15) is 5.82 Å². The first kappa shape index (κ1) is 14.9. The van der Waals surface area contributed by atoms with Crippen LogP contribution in [0.1, 0.15) is 36.7 Å². The summed E-state index contributed by atoms with van der Waals surface area (Å²) >= 11 is 0. The Morgan fingerprint density at radius 1 is 1.55 bits per heavy atom. The van der Waals surface area contributed by atoms with Gasteiger partial charge in [0, 0.05) is 25.2 Å². The molecule has 1 aliphatic rings. The van der Waals surface area contributed by atoms with E-state index in [1.165, 1.54) is 6.07 Å². The van der Waals surface area contributed by atoms with Crippen LogP contribution in [0.25, 0.3) is 0 Å². The Labute approximate surface area is 118 Å². The van der Waals surface area contributed by atoms with Crippen molar-refractivity contribution in [3.8, 4) is 0 Å². The number of rotatable bonds is 3. The summed E-state index contributed by atoms with van der Waals surface area (Å²) in [4.78, 5) is 13.0. The Morgan fingerprint density at radius 3 is 2.85 bits per heavy atom. The van der Waals surface area contributed by atoms with Crippen LogP contribution in [0.4, 0.5) is 4.39 Å². The molecule has 0 bridgehead atoms. The highest BCUT2D eigenvalue weighted by Crippen LogP contribution is 2.23. The molecule has 1 saturated heterocycles. The summed E-state index contributed by atoms with van der Waals surface area (Å²) in [5.41, 5.74) is -0.142. The molecule has 2 rings (SSSR count). The molecule has 1 unspecified atom stereocenters. The van der Waals surface area contributed by atoms with Crippen molar-refractivity contribution in [3.05, 3.63) is 35.1 Å². The number of aromatic carboxylic acids is 1. The third-order valence-corrected chi connectivity index (χ3v) is 3.34. The fourth-order valence-corrected chi connectivity index (χ4v) is 2.81. The largest absolute Gasteiger partial charge is 0.478 e. The van der Waals surface area contributed by atoms with Gasteiger partial charge in [-0.05, 0) is 26.8 Å². The number of hydrogen-bond acceptors (Lipinski definition) is 3. The van der Waals surface area contributed by atoms with Crippen LogP contribution in [-0.4, -0.2) is 40.8 Å². The minimum Gasteiger partial charge on any atom is -0.478 e. The van der Waals surface area contributed by atoms with Crippen LogP contribution >= 0.6 is 0 Å². The normalized spacial score (nSPS) is 22.7. The Morgan fingerprint density at radius 2 is 2.25 bits per heavy atom. The maximum atomic E-state index is 14.1. The fourth-order valence-electron chi connectivity index (χ4n) is 2.81. The molecular weight excluding hydrogens is 261 g/mol. The van der Waals surface area contributed by atoms with Gasteiger partial charge < -0.3 is 9.84 Å². The molecule has 110 valence electrons. The SMILES string of the molecule is CC1CN(Cc2cccc(C(=O)O)c2F)CC(C)(C)O1. The van der Waals surface area contributed by atoms with E-state index in [1.54, 1.807) is 12.1 Å². The second-order valence-electron chi connectivity index (χ2n) is 5.94. The topological polar surface area (TPSA) is 49.8 Å². The van der Waals surface area contributed by atoms with Crippen molar-refractivity contribution in [2.24, 2.45) is 0 Å². The lowest BCUT2D eigenvalue weighted by Crippen LogP contribution is -2.51. The van der Waals surface area contributed by atoms with Gasteiger partial charge in [-0.15, -0.1) is 0 Å². The number of carbonyl (C=O) groups is 1. The zero-order valence-electron chi connectivity index (χ0n) is 12.0. The molecule has 0 radical (unpaired) electrons. The van der Waals surface area contributed by atoms with E-state index < -0.39 is 11.8 Å². The van der Waals surface area contributed by atoms with Gasteiger partial charge in [-0.25, -0.2) is 9.18 Å². The Bertz CT molecular complexity index is 516. The summed E-state index contributed by atoms with van der Waals surface area (Å²) in [5.74, 6) is -1.88. The number of halogens is 1. The predicted octanol–water partition coefficient (Wildman–Crippen LogP) is 2.52. The maximum Gasteiger partial charge on any atom is 0.338 e. The van der Waals surface area contributed by atoms with E-state index in [9.17, 15) is 9.18 Å². The second-order valence-corrected chi connectivity index (χ2v) is 5.94. The number of nitrogens with zero attached hydrogens (tertiary/aromatic N) is 1. The summed E-state index contributed by atoms with van der Waals surface area (Å²) in [6.07, 6.45) is 0.0736. The zero-order valence-corrected chi connectivity index (χ0v) is 12.0. The number of carboxylic acid groups (broad SMARTS) is 1. The maximum absolute atomic E-state index is 14.1. The Balaban J connectivity index is 2.18. The fraction of sp³-hybridized carbons (Fsp3) is 0.533. The minimum atomic E-state index is -1.24. The molecule has 1 aliphatic heterocycles. The van der Waals surface area contributed by atoms with E-state index >= 15 is 0 Å². The van der Waals surface area contributed by atoms with Crippen molar-refractivity contribution >= 4 is 5.97 Å². The van der Waals surface area contributed by atoms with Gasteiger partial charge in [0.05, 0.1) is 17.3 Å². The highest BCUT2D eigenvalue weighted by Gasteiger charge is 2.31. The van der Waals surface area contributed by atoms with Crippen LogP contribution in [0, 0.1) is 5.82 Å². The lowest BCUT2D eigenvalue weighted by Gasteiger charge is -2.41. The predicted molar refractivity (Wildman–Crippen MR) is 73.3 cm³/mol. The standard InChI is InChI=1S/C15H20FNO3/c1-10-7-17(9-15(2,3)20-10)8-11-5-4-6-12(13(11)16)14(18)19/h4-6,10H,7-9H2,1-3H3,(H,18,19). The molecule has 5 heteroatoms. The molecule has 1 atom stereocenters. The number of ether oxygens (including phenoxy) is 1. The van der Waals surface area contributed by atoms with Crippen molar-refractivity contribution in [2.75, 3.05) is 13.1 Å². The lowest BCUT2D eigenvalue weighted by atomic mass is 10.0. The van der Waals surface area contributed by atoms with Crippen LogP contribution in [0.5, 0.6) is 0 Å². The molecule has 0 spiro atoms. The Hall–Kier alpha value is -1.46. The number of hydrogen-bond donors (Lipinski definition) is 1. The molecule has 1 aromatic rings. The molecule has 0 aromatic heterocycles. The van der Waals surface area contributed by atoms with E-state index in [4.69, 9.17) is 9.84 Å². The van der Waals surface area contributed by atoms with Gasteiger partial charge >= 0.3 is 5.97 Å². The van der Waals surface area contributed by atoms with Crippen molar-refractivity contribution in [1.82, 2.24) is 4.90 Å². The van der Waals surface area contributed by atoms with E-state index in [2.05, 4.69) is 4.90 Å². The average molecular weight is 281 g/mol. The summed E-state index contributed by atoms with van der Waals surface area (Å²) in [6.45, 7) is 7.77. The van der Waals surface area contributed by atoms with Gasteiger partial charge in [0.2, 0.25) is 0 Å². The second kappa shape index (κ2) is 5.50. The first-order valence-corrected chi connectivity index (χ1v) is 6.69. The molecule has 0 aliphatic carbocycles. The average Bonchev–Trinajstić information content (AvgIpc) is 2.28. The monoisotopic (exact) mass is 281 g/mol. The third-order valence-electron chi connectivity index (χ3n) is 3.34. The lowest BCUT2D eigenvalue weighted by molar-refractivity contribution is -0.130. The molecule has 1 N–H and O–H groups in total. The Kier molecular flexibility index (Phi) is 4.11. The van der Waals surface area contributed by atoms with Crippen LogP contribution < -0.4 is 0 Å². The van der Waals surface area contributed by atoms with Crippen LogP contribution in [0.3, 0.4) is 0 Å². The highest BCUT2D eigenvalue weighted by atomic mass is 19.1.